The lowest BCUT2D eigenvalue weighted by molar-refractivity contribution is -0.0525. The quantitative estimate of drug-likeness (QED) is 0.810. The maximum Gasteiger partial charge on any atom is 0.133 e. The van der Waals surface area contributed by atoms with Crippen LogP contribution in [0.4, 0.5) is 0 Å². The molecule has 3 nitrogen and oxygen atoms in total. The summed E-state index contributed by atoms with van der Waals surface area (Å²) < 4.78 is 11.9. The maximum absolute atomic E-state index is 6.27. The first kappa shape index (κ1) is 16.6. The molecule has 1 fully saturated rings. The van der Waals surface area contributed by atoms with Gasteiger partial charge in [0.25, 0.3) is 0 Å². The van der Waals surface area contributed by atoms with Gasteiger partial charge in [0.05, 0.1) is 12.4 Å². The van der Waals surface area contributed by atoms with Gasteiger partial charge < -0.3 is 14.5 Å². The number of furan rings is 1. The van der Waals surface area contributed by atoms with Crippen LogP contribution in [-0.4, -0.2) is 12.6 Å². The van der Waals surface area contributed by atoms with Gasteiger partial charge >= 0.3 is 0 Å². The molecule has 1 aliphatic carbocycles. The van der Waals surface area contributed by atoms with Crippen LogP contribution < -0.4 is 5.32 Å². The van der Waals surface area contributed by atoms with Crippen LogP contribution in [0, 0.1) is 17.8 Å². The number of hydrogen-bond donors (Lipinski definition) is 1. The zero-order valence-corrected chi connectivity index (χ0v) is 14.0. The topological polar surface area (TPSA) is 34.4 Å². The van der Waals surface area contributed by atoms with E-state index in [1.165, 1.54) is 24.8 Å². The second kappa shape index (κ2) is 8.00. The molecule has 0 spiro atoms. The molecule has 1 N–H and O–H groups in total. The molecule has 3 unspecified atom stereocenters. The lowest BCUT2D eigenvalue weighted by Crippen LogP contribution is -2.34. The molecule has 1 saturated carbocycles. The lowest BCUT2D eigenvalue weighted by atomic mass is 9.75. The first-order chi connectivity index (χ1) is 10.1. The summed E-state index contributed by atoms with van der Waals surface area (Å²) in [6.07, 6.45) is 5.98. The van der Waals surface area contributed by atoms with Gasteiger partial charge in [-0.25, -0.2) is 0 Å². The van der Waals surface area contributed by atoms with Crippen LogP contribution in [0.5, 0.6) is 0 Å². The fourth-order valence-corrected chi connectivity index (χ4v) is 3.40. The number of nitrogens with one attached hydrogen (secondary N) is 1. The molecule has 0 bridgehead atoms. The van der Waals surface area contributed by atoms with Crippen LogP contribution in [0.25, 0.3) is 0 Å². The van der Waals surface area contributed by atoms with Crippen LogP contribution in [0.2, 0.25) is 0 Å². The van der Waals surface area contributed by atoms with Crippen LogP contribution in [0.3, 0.4) is 0 Å². The van der Waals surface area contributed by atoms with E-state index in [1.807, 2.05) is 6.07 Å². The van der Waals surface area contributed by atoms with E-state index < -0.39 is 0 Å². The summed E-state index contributed by atoms with van der Waals surface area (Å²) in [5.41, 5.74) is 1.22. The molecule has 1 aromatic heterocycles. The molecule has 21 heavy (non-hydrogen) atoms. The molecule has 0 amide bonds. The maximum atomic E-state index is 6.27. The molecule has 120 valence electrons. The fourth-order valence-electron chi connectivity index (χ4n) is 3.40. The summed E-state index contributed by atoms with van der Waals surface area (Å²) in [5, 5.41) is 3.35. The van der Waals surface area contributed by atoms with E-state index in [2.05, 4.69) is 33.0 Å². The summed E-state index contributed by atoms with van der Waals surface area (Å²) in [4.78, 5) is 0. The highest BCUT2D eigenvalue weighted by Gasteiger charge is 2.31. The van der Waals surface area contributed by atoms with E-state index >= 15 is 0 Å². The molecule has 3 atom stereocenters. The van der Waals surface area contributed by atoms with Crippen molar-refractivity contribution in [3.05, 3.63) is 23.7 Å². The Morgan fingerprint density at radius 3 is 2.90 bits per heavy atom. The summed E-state index contributed by atoms with van der Waals surface area (Å²) in [6.45, 7) is 11.5. The Hall–Kier alpha value is -0.800. The van der Waals surface area contributed by atoms with Crippen molar-refractivity contribution < 1.29 is 9.15 Å². The summed E-state index contributed by atoms with van der Waals surface area (Å²) in [7, 11) is 0. The van der Waals surface area contributed by atoms with Crippen molar-refractivity contribution in [2.75, 3.05) is 6.54 Å². The third-order valence-corrected chi connectivity index (χ3v) is 4.79. The van der Waals surface area contributed by atoms with Gasteiger partial charge in [-0.15, -0.1) is 0 Å². The van der Waals surface area contributed by atoms with Crippen LogP contribution in [0.1, 0.15) is 58.3 Å². The Morgan fingerprint density at radius 2 is 2.19 bits per heavy atom. The van der Waals surface area contributed by atoms with Gasteiger partial charge in [-0.05, 0) is 43.2 Å². The summed E-state index contributed by atoms with van der Waals surface area (Å²) >= 11 is 0. The standard InChI is InChI=1S/C18H31NO2/c1-5-19-11-15-8-9-20-18(15)12-21-17-10-14(4)6-7-16(17)13(2)3/h8-9,13-14,16-17,19H,5-7,10-12H2,1-4H3. The third-order valence-electron chi connectivity index (χ3n) is 4.79. The predicted octanol–water partition coefficient (Wildman–Crippen LogP) is 4.37. The molecular formula is C18H31NO2. The predicted molar refractivity (Wildman–Crippen MR) is 86.0 cm³/mol. The van der Waals surface area contributed by atoms with Crippen molar-refractivity contribution in [3.63, 3.8) is 0 Å². The zero-order valence-electron chi connectivity index (χ0n) is 14.0. The fraction of sp³-hybridized carbons (Fsp3) is 0.778. The Bertz CT molecular complexity index is 413. The van der Waals surface area contributed by atoms with Crippen LogP contribution in [0.15, 0.2) is 16.7 Å². The number of ether oxygens (including phenoxy) is 1. The second-order valence-electron chi connectivity index (χ2n) is 6.82. The average Bonchev–Trinajstić information content (AvgIpc) is 2.90. The zero-order chi connectivity index (χ0) is 15.2. The Kier molecular flexibility index (Phi) is 6.31. The normalized spacial score (nSPS) is 26.4. The van der Waals surface area contributed by atoms with E-state index in [0.717, 1.165) is 24.8 Å². The largest absolute Gasteiger partial charge is 0.467 e. The van der Waals surface area contributed by atoms with Crippen LogP contribution >= 0.6 is 0 Å². The highest BCUT2D eigenvalue weighted by molar-refractivity contribution is 5.16. The minimum atomic E-state index is 0.380. The van der Waals surface area contributed by atoms with E-state index in [1.54, 1.807) is 6.26 Å². The van der Waals surface area contributed by atoms with Gasteiger partial charge in [0, 0.05) is 12.1 Å². The van der Waals surface area contributed by atoms with Crippen molar-refractivity contribution >= 4 is 0 Å². The molecule has 1 aromatic rings. The molecule has 0 saturated heterocycles. The molecule has 3 heteroatoms. The highest BCUT2D eigenvalue weighted by Crippen LogP contribution is 2.35. The number of rotatable bonds is 7. The minimum Gasteiger partial charge on any atom is -0.467 e. The smallest absolute Gasteiger partial charge is 0.133 e. The van der Waals surface area contributed by atoms with Crippen molar-refractivity contribution in [2.24, 2.45) is 17.8 Å². The van der Waals surface area contributed by atoms with E-state index in [0.29, 0.717) is 24.5 Å². The number of hydrogen-bond acceptors (Lipinski definition) is 3. The van der Waals surface area contributed by atoms with Gasteiger partial charge in [-0.1, -0.05) is 34.1 Å². The molecule has 1 heterocycles. The molecule has 2 rings (SSSR count). The average molecular weight is 293 g/mol. The molecule has 0 aromatic carbocycles. The van der Waals surface area contributed by atoms with Gasteiger partial charge in [-0.2, -0.15) is 0 Å². The third kappa shape index (κ3) is 4.58. The molecule has 0 radical (unpaired) electrons. The monoisotopic (exact) mass is 293 g/mol. The van der Waals surface area contributed by atoms with Crippen molar-refractivity contribution in [1.29, 1.82) is 0 Å². The van der Waals surface area contributed by atoms with Gasteiger partial charge in [0.15, 0.2) is 0 Å². The first-order valence-corrected chi connectivity index (χ1v) is 8.49. The van der Waals surface area contributed by atoms with Gasteiger partial charge in [-0.3, -0.25) is 0 Å². The van der Waals surface area contributed by atoms with Gasteiger partial charge in [0.1, 0.15) is 12.4 Å². The van der Waals surface area contributed by atoms with Crippen LogP contribution in [-0.2, 0) is 17.9 Å². The lowest BCUT2D eigenvalue weighted by Gasteiger charge is -2.37. The Morgan fingerprint density at radius 1 is 1.38 bits per heavy atom. The molecule has 1 aliphatic rings. The minimum absolute atomic E-state index is 0.380. The summed E-state index contributed by atoms with van der Waals surface area (Å²) in [6, 6.07) is 2.05. The van der Waals surface area contributed by atoms with Crippen molar-refractivity contribution in [1.82, 2.24) is 5.32 Å². The van der Waals surface area contributed by atoms with Crippen molar-refractivity contribution in [2.45, 2.75) is 66.2 Å². The van der Waals surface area contributed by atoms with E-state index in [9.17, 15) is 0 Å². The Labute approximate surface area is 129 Å². The van der Waals surface area contributed by atoms with Gasteiger partial charge in [0.2, 0.25) is 0 Å². The SMILES string of the molecule is CCNCc1ccoc1COC1CC(C)CCC1C(C)C. The molecular weight excluding hydrogens is 262 g/mol. The van der Waals surface area contributed by atoms with E-state index in [4.69, 9.17) is 9.15 Å². The van der Waals surface area contributed by atoms with E-state index in [-0.39, 0.29) is 0 Å². The molecule has 0 aliphatic heterocycles. The second-order valence-corrected chi connectivity index (χ2v) is 6.82. The Balaban J connectivity index is 1.92. The summed E-state index contributed by atoms with van der Waals surface area (Å²) in [5.74, 6) is 3.15. The first-order valence-electron chi connectivity index (χ1n) is 8.49. The van der Waals surface area contributed by atoms with Crippen molar-refractivity contribution in [3.8, 4) is 0 Å². The highest BCUT2D eigenvalue weighted by atomic mass is 16.5.